The van der Waals surface area contributed by atoms with Gasteiger partial charge in [0.2, 0.25) is 0 Å². The lowest BCUT2D eigenvalue weighted by Gasteiger charge is -2.08. The molecule has 1 aromatic heterocycles. The highest BCUT2D eigenvalue weighted by molar-refractivity contribution is 7.93. The Balaban J connectivity index is 2.03. The van der Waals surface area contributed by atoms with Gasteiger partial charge in [-0.05, 0) is 24.3 Å². The number of ether oxygens (including phenoxy) is 1. The summed E-state index contributed by atoms with van der Waals surface area (Å²) in [7, 11) is -1.60. The maximum absolute atomic E-state index is 14.0. The van der Waals surface area contributed by atoms with Crippen LogP contribution in [-0.4, -0.2) is 28.5 Å². The number of amides is 1. The molecule has 0 N–H and O–H groups in total. The molecule has 0 radical (unpaired) electrons. The summed E-state index contributed by atoms with van der Waals surface area (Å²) in [6, 6.07) is 12.8. The monoisotopic (exact) mass is 372 g/mol. The van der Waals surface area contributed by atoms with Crippen LogP contribution in [0.4, 0.5) is 4.39 Å². The van der Waals surface area contributed by atoms with Gasteiger partial charge in [0.05, 0.1) is 26.7 Å². The van der Waals surface area contributed by atoms with Gasteiger partial charge in [0.1, 0.15) is 5.82 Å². The molecule has 0 saturated carbocycles. The van der Waals surface area contributed by atoms with Crippen molar-refractivity contribution in [1.82, 2.24) is 4.98 Å². The van der Waals surface area contributed by atoms with E-state index in [1.54, 1.807) is 24.4 Å². The van der Waals surface area contributed by atoms with E-state index in [0.29, 0.717) is 16.0 Å². The largest absolute Gasteiger partial charge is 0.380 e. The summed E-state index contributed by atoms with van der Waals surface area (Å²) in [5.74, 6) is -1.31. The van der Waals surface area contributed by atoms with Crippen LogP contribution in [0.25, 0.3) is 10.9 Å². The van der Waals surface area contributed by atoms with Crippen LogP contribution >= 0.6 is 0 Å². The number of rotatable bonds is 4. The molecular weight excluding hydrogens is 355 g/mol. The van der Waals surface area contributed by atoms with Crippen LogP contribution in [0.2, 0.25) is 0 Å². The summed E-state index contributed by atoms with van der Waals surface area (Å²) in [6.07, 6.45) is 2.97. The fourth-order valence-electron chi connectivity index (χ4n) is 2.59. The number of pyridine rings is 1. The van der Waals surface area contributed by atoms with Gasteiger partial charge in [-0.1, -0.05) is 24.3 Å². The van der Waals surface area contributed by atoms with Gasteiger partial charge >= 0.3 is 0 Å². The Morgan fingerprint density at radius 2 is 2.00 bits per heavy atom. The first-order chi connectivity index (χ1) is 12.4. The summed E-state index contributed by atoms with van der Waals surface area (Å²) in [5, 5.41) is 0.803. The number of fused-ring (bicyclic) bond motifs is 1. The molecule has 0 bridgehead atoms. The number of para-hydroxylation sites is 1. The molecule has 0 aliphatic rings. The Labute approximate surface area is 151 Å². The van der Waals surface area contributed by atoms with Crippen molar-refractivity contribution in [2.75, 3.05) is 13.4 Å². The van der Waals surface area contributed by atoms with Crippen molar-refractivity contribution in [2.45, 2.75) is 11.5 Å². The smallest absolute Gasteiger partial charge is 0.285 e. The number of nitrogens with zero attached hydrogens (tertiary/aromatic N) is 2. The van der Waals surface area contributed by atoms with Crippen LogP contribution < -0.4 is 0 Å². The molecule has 5 nitrogen and oxygen atoms in total. The predicted octanol–water partition coefficient (Wildman–Crippen LogP) is 3.82. The van der Waals surface area contributed by atoms with Crippen LogP contribution in [0.15, 0.2) is 64.0 Å². The van der Waals surface area contributed by atoms with Crippen LogP contribution in [-0.2, 0) is 21.1 Å². The number of halogens is 1. The zero-order valence-electron chi connectivity index (χ0n) is 14.3. The van der Waals surface area contributed by atoms with Crippen molar-refractivity contribution >= 4 is 26.5 Å². The SMILES string of the molecule is COCc1ccc(C(=O)N=S(C)(=O)c2cccc3cccnc23)cc1F. The van der Waals surface area contributed by atoms with Gasteiger partial charge in [0, 0.05) is 36.1 Å². The highest BCUT2D eigenvalue weighted by Crippen LogP contribution is 2.23. The first-order valence-corrected chi connectivity index (χ1v) is 9.72. The minimum atomic E-state index is -3.05. The topological polar surface area (TPSA) is 68.6 Å². The third kappa shape index (κ3) is 3.63. The number of carbonyl (C=O) groups is 1. The van der Waals surface area contributed by atoms with E-state index >= 15 is 0 Å². The minimum absolute atomic E-state index is 0.0325. The molecular formula is C19H17FN2O3S. The fraction of sp³-hybridized carbons (Fsp3) is 0.158. The zero-order valence-corrected chi connectivity index (χ0v) is 15.1. The van der Waals surface area contributed by atoms with Crippen molar-refractivity contribution in [3.05, 3.63) is 71.7 Å². The van der Waals surface area contributed by atoms with Crippen LogP contribution in [0, 0.1) is 5.82 Å². The average Bonchev–Trinajstić information content (AvgIpc) is 2.62. The number of aromatic nitrogens is 1. The molecule has 1 atom stereocenters. The maximum atomic E-state index is 14.0. The van der Waals surface area contributed by atoms with E-state index in [2.05, 4.69) is 9.35 Å². The second-order valence-corrected chi connectivity index (χ2v) is 8.00. The first kappa shape index (κ1) is 18.2. The molecule has 1 unspecified atom stereocenters. The van der Waals surface area contributed by atoms with E-state index in [0.717, 1.165) is 11.5 Å². The normalized spacial score (nSPS) is 13.3. The summed E-state index contributed by atoms with van der Waals surface area (Å²) in [6.45, 7) is 0.101. The molecule has 0 spiro atoms. The summed E-state index contributed by atoms with van der Waals surface area (Å²) in [5.41, 5.74) is 0.894. The number of hydrogen-bond acceptors (Lipinski definition) is 4. The third-order valence-electron chi connectivity index (χ3n) is 3.86. The molecule has 2 aromatic carbocycles. The molecule has 7 heteroatoms. The van der Waals surface area contributed by atoms with Gasteiger partial charge in [-0.15, -0.1) is 0 Å². The van der Waals surface area contributed by atoms with Crippen LogP contribution in [0.5, 0.6) is 0 Å². The molecule has 0 fully saturated rings. The summed E-state index contributed by atoms with van der Waals surface area (Å²) < 4.78 is 35.9. The van der Waals surface area contributed by atoms with E-state index in [1.165, 1.54) is 25.5 Å². The average molecular weight is 372 g/mol. The molecule has 0 aliphatic carbocycles. The number of methoxy groups -OCH3 is 1. The third-order valence-corrected chi connectivity index (χ3v) is 5.52. The van der Waals surface area contributed by atoms with Crippen LogP contribution in [0.3, 0.4) is 0 Å². The Bertz CT molecular complexity index is 1100. The highest BCUT2D eigenvalue weighted by Gasteiger charge is 2.16. The molecule has 1 heterocycles. The van der Waals surface area contributed by atoms with Crippen molar-refractivity contribution in [3.63, 3.8) is 0 Å². The van der Waals surface area contributed by atoms with Gasteiger partial charge in [-0.25, -0.2) is 8.60 Å². The van der Waals surface area contributed by atoms with Gasteiger partial charge < -0.3 is 4.74 Å². The number of hydrogen-bond donors (Lipinski definition) is 0. The number of benzene rings is 2. The van der Waals surface area contributed by atoms with E-state index in [4.69, 9.17) is 4.74 Å². The van der Waals surface area contributed by atoms with Gasteiger partial charge in [-0.3, -0.25) is 9.78 Å². The van der Waals surface area contributed by atoms with E-state index in [-0.39, 0.29) is 12.2 Å². The molecule has 134 valence electrons. The van der Waals surface area contributed by atoms with Crippen molar-refractivity contribution in [2.24, 2.45) is 4.36 Å². The van der Waals surface area contributed by atoms with Crippen molar-refractivity contribution in [3.8, 4) is 0 Å². The van der Waals surface area contributed by atoms with Crippen molar-refractivity contribution in [1.29, 1.82) is 0 Å². The van der Waals surface area contributed by atoms with E-state index < -0.39 is 21.5 Å². The molecule has 1 amide bonds. The Morgan fingerprint density at radius 3 is 2.73 bits per heavy atom. The quantitative estimate of drug-likeness (QED) is 0.698. The predicted molar refractivity (Wildman–Crippen MR) is 97.9 cm³/mol. The molecule has 0 aliphatic heterocycles. The first-order valence-electron chi connectivity index (χ1n) is 7.80. The van der Waals surface area contributed by atoms with E-state index in [1.807, 2.05) is 12.1 Å². The molecule has 0 saturated heterocycles. The second kappa shape index (κ2) is 7.31. The summed E-state index contributed by atoms with van der Waals surface area (Å²) in [4.78, 5) is 17.1. The number of carbonyl (C=O) groups excluding carboxylic acids is 1. The minimum Gasteiger partial charge on any atom is -0.380 e. The van der Waals surface area contributed by atoms with E-state index in [9.17, 15) is 13.4 Å². The summed E-state index contributed by atoms with van der Waals surface area (Å²) >= 11 is 0. The lowest BCUT2D eigenvalue weighted by Crippen LogP contribution is -2.06. The zero-order chi connectivity index (χ0) is 18.7. The second-order valence-electron chi connectivity index (χ2n) is 5.77. The Morgan fingerprint density at radius 1 is 1.23 bits per heavy atom. The fourth-order valence-corrected chi connectivity index (χ4v) is 3.98. The Hall–Kier alpha value is -2.64. The van der Waals surface area contributed by atoms with Gasteiger partial charge in [0.15, 0.2) is 0 Å². The van der Waals surface area contributed by atoms with Crippen molar-refractivity contribution < 1.29 is 18.1 Å². The lowest BCUT2D eigenvalue weighted by atomic mass is 10.1. The molecule has 3 aromatic rings. The molecule has 26 heavy (non-hydrogen) atoms. The standard InChI is InChI=1S/C19H17FN2O3S/c1-25-12-15-9-8-14(11-16(15)20)19(23)22-26(2,24)17-7-3-5-13-6-4-10-21-18(13)17/h3-11H,12H2,1-2H3. The Kier molecular flexibility index (Phi) is 5.11. The van der Waals surface area contributed by atoms with Gasteiger partial charge in [-0.2, -0.15) is 4.36 Å². The lowest BCUT2D eigenvalue weighted by molar-refractivity contribution is 0.100. The molecule has 3 rings (SSSR count). The van der Waals surface area contributed by atoms with Crippen LogP contribution in [0.1, 0.15) is 15.9 Å². The van der Waals surface area contributed by atoms with Gasteiger partial charge in [0.25, 0.3) is 5.91 Å². The maximum Gasteiger partial charge on any atom is 0.285 e. The highest BCUT2D eigenvalue weighted by atomic mass is 32.2.